The number of hydrogen-bond acceptors (Lipinski definition) is 5. The SMILES string of the molecule is CCCn1c(SCC(=O)N[C@@H](C)COC)nnc1-c1cccc(C)c1. The number of carbonyl (C=O) groups is 1. The Bertz CT molecular complexity index is 702. The van der Waals surface area contributed by atoms with Crippen molar-refractivity contribution in [2.75, 3.05) is 19.5 Å². The van der Waals surface area contributed by atoms with Gasteiger partial charge in [-0.05, 0) is 26.3 Å². The van der Waals surface area contributed by atoms with Gasteiger partial charge in [-0.1, -0.05) is 42.4 Å². The smallest absolute Gasteiger partial charge is 0.230 e. The van der Waals surface area contributed by atoms with Gasteiger partial charge < -0.3 is 14.6 Å². The van der Waals surface area contributed by atoms with Gasteiger partial charge in [0, 0.05) is 25.3 Å². The first-order valence-corrected chi connectivity index (χ1v) is 9.45. The van der Waals surface area contributed by atoms with E-state index in [1.54, 1.807) is 7.11 Å². The van der Waals surface area contributed by atoms with Crippen molar-refractivity contribution >= 4 is 17.7 Å². The van der Waals surface area contributed by atoms with Crippen molar-refractivity contribution in [3.63, 3.8) is 0 Å². The molecule has 0 aliphatic carbocycles. The summed E-state index contributed by atoms with van der Waals surface area (Å²) < 4.78 is 7.12. The molecule has 1 heterocycles. The highest BCUT2D eigenvalue weighted by atomic mass is 32.2. The van der Waals surface area contributed by atoms with Gasteiger partial charge in [0.15, 0.2) is 11.0 Å². The molecule has 1 aromatic carbocycles. The van der Waals surface area contributed by atoms with E-state index in [1.165, 1.54) is 17.3 Å². The molecule has 7 heteroatoms. The van der Waals surface area contributed by atoms with E-state index in [0.29, 0.717) is 12.4 Å². The molecule has 0 spiro atoms. The molecule has 25 heavy (non-hydrogen) atoms. The van der Waals surface area contributed by atoms with Gasteiger partial charge in [-0.15, -0.1) is 10.2 Å². The minimum atomic E-state index is -0.0299. The standard InChI is InChI=1S/C18H26N4O2S/c1-5-9-22-17(15-8-6-7-13(2)10-15)20-21-18(22)25-12-16(23)19-14(3)11-24-4/h6-8,10,14H,5,9,11-12H2,1-4H3,(H,19,23)/t14-/m0/s1. The van der Waals surface area contributed by atoms with Gasteiger partial charge >= 0.3 is 0 Å². The molecule has 1 amide bonds. The fraction of sp³-hybridized carbons (Fsp3) is 0.500. The maximum absolute atomic E-state index is 12.0. The highest BCUT2D eigenvalue weighted by molar-refractivity contribution is 7.99. The van der Waals surface area contributed by atoms with E-state index in [0.717, 1.165) is 29.5 Å². The fourth-order valence-electron chi connectivity index (χ4n) is 2.56. The van der Waals surface area contributed by atoms with Crippen LogP contribution in [0.1, 0.15) is 25.8 Å². The van der Waals surface area contributed by atoms with Gasteiger partial charge in [-0.25, -0.2) is 0 Å². The monoisotopic (exact) mass is 362 g/mol. The number of hydrogen-bond donors (Lipinski definition) is 1. The van der Waals surface area contributed by atoms with Gasteiger partial charge in [0.1, 0.15) is 0 Å². The zero-order chi connectivity index (χ0) is 18.2. The molecule has 1 atom stereocenters. The van der Waals surface area contributed by atoms with Crippen LogP contribution in [0.3, 0.4) is 0 Å². The number of aryl methyl sites for hydroxylation is 1. The Morgan fingerprint density at radius 2 is 2.20 bits per heavy atom. The van der Waals surface area contributed by atoms with Crippen LogP contribution in [0.2, 0.25) is 0 Å². The van der Waals surface area contributed by atoms with E-state index < -0.39 is 0 Å². The second-order valence-electron chi connectivity index (χ2n) is 6.04. The number of nitrogens with zero attached hydrogens (tertiary/aromatic N) is 3. The average molecular weight is 362 g/mol. The van der Waals surface area contributed by atoms with Crippen LogP contribution < -0.4 is 5.32 Å². The number of nitrogens with one attached hydrogen (secondary N) is 1. The molecular weight excluding hydrogens is 336 g/mol. The van der Waals surface area contributed by atoms with Crippen molar-refractivity contribution in [3.8, 4) is 11.4 Å². The lowest BCUT2D eigenvalue weighted by atomic mass is 10.1. The van der Waals surface area contributed by atoms with Gasteiger partial charge in [-0.2, -0.15) is 0 Å². The third-order valence-electron chi connectivity index (χ3n) is 3.60. The molecule has 0 aliphatic heterocycles. The number of methoxy groups -OCH3 is 1. The quantitative estimate of drug-likeness (QED) is 0.695. The first-order valence-electron chi connectivity index (χ1n) is 8.46. The number of carbonyl (C=O) groups excluding carboxylic acids is 1. The van der Waals surface area contributed by atoms with Crippen LogP contribution in [-0.2, 0) is 16.1 Å². The van der Waals surface area contributed by atoms with Crippen LogP contribution in [0, 0.1) is 6.92 Å². The zero-order valence-electron chi connectivity index (χ0n) is 15.3. The minimum absolute atomic E-state index is 0.00512. The predicted molar refractivity (Wildman–Crippen MR) is 101 cm³/mol. The highest BCUT2D eigenvalue weighted by Gasteiger charge is 2.16. The van der Waals surface area contributed by atoms with Crippen molar-refractivity contribution in [3.05, 3.63) is 29.8 Å². The van der Waals surface area contributed by atoms with E-state index in [2.05, 4.69) is 46.1 Å². The van der Waals surface area contributed by atoms with Crippen LogP contribution in [0.25, 0.3) is 11.4 Å². The molecule has 0 bridgehead atoms. The highest BCUT2D eigenvalue weighted by Crippen LogP contribution is 2.25. The molecule has 0 saturated carbocycles. The Labute approximate surface area is 153 Å². The molecule has 2 rings (SSSR count). The first kappa shape index (κ1) is 19.5. The van der Waals surface area contributed by atoms with Crippen molar-refractivity contribution in [1.82, 2.24) is 20.1 Å². The van der Waals surface area contributed by atoms with Gasteiger partial charge in [0.25, 0.3) is 0 Å². The molecule has 1 aromatic heterocycles. The summed E-state index contributed by atoms with van der Waals surface area (Å²) in [7, 11) is 1.62. The van der Waals surface area contributed by atoms with Crippen LogP contribution in [0.4, 0.5) is 0 Å². The fourth-order valence-corrected chi connectivity index (χ4v) is 3.33. The maximum Gasteiger partial charge on any atom is 0.230 e. The Kier molecular flexibility index (Phi) is 7.46. The average Bonchev–Trinajstić information content (AvgIpc) is 2.96. The summed E-state index contributed by atoms with van der Waals surface area (Å²) in [5.74, 6) is 1.13. The van der Waals surface area contributed by atoms with Crippen molar-refractivity contribution < 1.29 is 9.53 Å². The number of thioether (sulfide) groups is 1. The molecule has 6 nitrogen and oxygen atoms in total. The maximum atomic E-state index is 12.0. The zero-order valence-corrected chi connectivity index (χ0v) is 16.1. The number of ether oxygens (including phenoxy) is 1. The molecule has 2 aromatic rings. The lowest BCUT2D eigenvalue weighted by Gasteiger charge is -2.13. The molecule has 0 fully saturated rings. The van der Waals surface area contributed by atoms with Crippen LogP contribution in [0.15, 0.2) is 29.4 Å². The van der Waals surface area contributed by atoms with E-state index in [4.69, 9.17) is 4.74 Å². The largest absolute Gasteiger partial charge is 0.383 e. The normalized spacial score (nSPS) is 12.2. The molecule has 0 aliphatic rings. The number of amides is 1. The summed E-state index contributed by atoms with van der Waals surface area (Å²) in [6, 6.07) is 8.22. The van der Waals surface area contributed by atoms with Crippen LogP contribution >= 0.6 is 11.8 Å². The summed E-state index contributed by atoms with van der Waals surface area (Å²) in [6.45, 7) is 7.42. The summed E-state index contributed by atoms with van der Waals surface area (Å²) >= 11 is 1.41. The lowest BCUT2D eigenvalue weighted by molar-refractivity contribution is -0.119. The molecule has 136 valence electrons. The van der Waals surface area contributed by atoms with Crippen molar-refractivity contribution in [2.24, 2.45) is 0 Å². The summed E-state index contributed by atoms with van der Waals surface area (Å²) in [5.41, 5.74) is 2.23. The van der Waals surface area contributed by atoms with Crippen molar-refractivity contribution in [2.45, 2.75) is 44.9 Å². The Morgan fingerprint density at radius 3 is 2.88 bits per heavy atom. The van der Waals surface area contributed by atoms with E-state index in [-0.39, 0.29) is 11.9 Å². The second kappa shape index (κ2) is 9.58. The molecule has 0 radical (unpaired) electrons. The van der Waals surface area contributed by atoms with Gasteiger partial charge in [0.2, 0.25) is 5.91 Å². The number of benzene rings is 1. The van der Waals surface area contributed by atoms with Crippen LogP contribution in [-0.4, -0.2) is 46.2 Å². The Balaban J connectivity index is 2.10. The lowest BCUT2D eigenvalue weighted by Crippen LogP contribution is -2.36. The Hall–Kier alpha value is -1.86. The number of rotatable bonds is 9. The summed E-state index contributed by atoms with van der Waals surface area (Å²) in [4.78, 5) is 12.0. The number of aromatic nitrogens is 3. The van der Waals surface area contributed by atoms with E-state index in [1.807, 2.05) is 19.1 Å². The molecule has 1 N–H and O–H groups in total. The third-order valence-corrected chi connectivity index (χ3v) is 4.56. The summed E-state index contributed by atoms with van der Waals surface area (Å²) in [6.07, 6.45) is 0.974. The topological polar surface area (TPSA) is 69.0 Å². The first-order chi connectivity index (χ1) is 12.0. The molecule has 0 unspecified atom stereocenters. The Morgan fingerprint density at radius 1 is 1.40 bits per heavy atom. The minimum Gasteiger partial charge on any atom is -0.383 e. The van der Waals surface area contributed by atoms with Gasteiger partial charge in [0.05, 0.1) is 12.4 Å². The molecule has 0 saturated heterocycles. The summed E-state index contributed by atoms with van der Waals surface area (Å²) in [5, 5.41) is 12.3. The third kappa shape index (κ3) is 5.57. The van der Waals surface area contributed by atoms with E-state index >= 15 is 0 Å². The predicted octanol–water partition coefficient (Wildman–Crippen LogP) is 2.91. The van der Waals surface area contributed by atoms with Crippen molar-refractivity contribution in [1.29, 1.82) is 0 Å². The van der Waals surface area contributed by atoms with E-state index in [9.17, 15) is 4.79 Å². The second-order valence-corrected chi connectivity index (χ2v) is 6.98. The van der Waals surface area contributed by atoms with Gasteiger partial charge in [-0.3, -0.25) is 4.79 Å². The molecular formula is C18H26N4O2S. The van der Waals surface area contributed by atoms with Crippen LogP contribution in [0.5, 0.6) is 0 Å².